The van der Waals surface area contributed by atoms with Crippen molar-refractivity contribution >= 4 is 11.6 Å². The summed E-state index contributed by atoms with van der Waals surface area (Å²) in [5, 5.41) is 8.03. The van der Waals surface area contributed by atoms with Crippen molar-refractivity contribution in [3.05, 3.63) is 87.4 Å². The number of nitrogens with zero attached hydrogens (tertiary/aromatic N) is 7. The Labute approximate surface area is 199 Å². The molecule has 3 heterocycles. The predicted octanol–water partition coefficient (Wildman–Crippen LogP) is 1.43. The van der Waals surface area contributed by atoms with Gasteiger partial charge in [-0.1, -0.05) is 41.6 Å². The lowest BCUT2D eigenvalue weighted by Gasteiger charge is -2.35. The van der Waals surface area contributed by atoms with Crippen molar-refractivity contribution in [1.29, 1.82) is 0 Å². The maximum absolute atomic E-state index is 13.0. The van der Waals surface area contributed by atoms with Gasteiger partial charge in [0.05, 0.1) is 5.69 Å². The van der Waals surface area contributed by atoms with Crippen molar-refractivity contribution in [3.8, 4) is 17.2 Å². The van der Waals surface area contributed by atoms with Crippen LogP contribution in [0.4, 0.5) is 5.69 Å². The number of para-hydroxylation sites is 2. The fraction of sp³-hybridized carbons (Fsp3) is 0.250. The Morgan fingerprint density at radius 1 is 0.914 bits per heavy atom. The minimum atomic E-state index is -0.652. The monoisotopic (exact) mass is 473 g/mol. The Kier molecular flexibility index (Phi) is 5.96. The van der Waals surface area contributed by atoms with E-state index in [-0.39, 0.29) is 24.0 Å². The second-order valence-corrected chi connectivity index (χ2v) is 7.97. The average Bonchev–Trinajstić information content (AvgIpc) is 3.40. The van der Waals surface area contributed by atoms with Gasteiger partial charge in [0, 0.05) is 38.4 Å². The van der Waals surface area contributed by atoms with Gasteiger partial charge in [0.15, 0.2) is 5.69 Å². The first kappa shape index (κ1) is 22.3. The van der Waals surface area contributed by atoms with Gasteiger partial charge in [0.2, 0.25) is 5.82 Å². The second kappa shape index (κ2) is 9.37. The van der Waals surface area contributed by atoms with Crippen LogP contribution in [-0.4, -0.2) is 61.5 Å². The maximum Gasteiger partial charge on any atom is 0.352 e. The summed E-state index contributed by atoms with van der Waals surface area (Å²) in [6, 6.07) is 18.7. The van der Waals surface area contributed by atoms with E-state index in [1.165, 1.54) is 0 Å². The summed E-state index contributed by atoms with van der Waals surface area (Å²) >= 11 is 0. The van der Waals surface area contributed by atoms with Gasteiger partial charge in [-0.2, -0.15) is 14.8 Å². The summed E-state index contributed by atoms with van der Waals surface area (Å²) in [5.74, 6) is -0.785. The normalized spacial score (nSPS) is 13.7. The highest BCUT2D eigenvalue weighted by Crippen LogP contribution is 2.17. The number of rotatable bonds is 5. The first-order valence-corrected chi connectivity index (χ1v) is 11.3. The molecule has 4 aromatic rings. The Morgan fingerprint density at radius 2 is 1.54 bits per heavy atom. The fourth-order valence-electron chi connectivity index (χ4n) is 4.02. The number of benzene rings is 2. The van der Waals surface area contributed by atoms with E-state index in [0.717, 1.165) is 14.9 Å². The number of hydrogen-bond acceptors (Lipinski definition) is 8. The Bertz CT molecular complexity index is 1450. The van der Waals surface area contributed by atoms with Gasteiger partial charge in [0.1, 0.15) is 0 Å². The third-order valence-corrected chi connectivity index (χ3v) is 5.89. The number of carbonyl (C=O) groups excluding carboxylic acids is 1. The van der Waals surface area contributed by atoms with Crippen molar-refractivity contribution in [2.75, 3.05) is 31.1 Å². The van der Waals surface area contributed by atoms with Gasteiger partial charge in [-0.25, -0.2) is 4.79 Å². The van der Waals surface area contributed by atoms with Crippen LogP contribution < -0.4 is 16.1 Å². The first-order chi connectivity index (χ1) is 17.1. The molecule has 0 unspecified atom stereocenters. The van der Waals surface area contributed by atoms with Gasteiger partial charge in [-0.3, -0.25) is 14.2 Å². The number of amides is 1. The van der Waals surface area contributed by atoms with E-state index in [1.807, 2.05) is 36.4 Å². The summed E-state index contributed by atoms with van der Waals surface area (Å²) in [7, 11) is 0. The van der Waals surface area contributed by atoms with E-state index in [4.69, 9.17) is 4.52 Å². The third-order valence-electron chi connectivity index (χ3n) is 5.89. The standard InChI is InChI=1S/C24H23N7O4/c1-2-30-22(32)19(26-31(24(30)34)18-11-7-4-8-12-18)20-25-21(35-27-20)23(33)29-15-13-28(14-16-29)17-9-5-3-6-10-17/h3-12H,2,13-16H2,1H3. The minimum Gasteiger partial charge on any atom is -0.368 e. The molecule has 178 valence electrons. The molecule has 2 aromatic carbocycles. The van der Waals surface area contributed by atoms with Crippen LogP contribution in [0.3, 0.4) is 0 Å². The summed E-state index contributed by atoms with van der Waals surface area (Å²) in [4.78, 5) is 46.7. The highest BCUT2D eigenvalue weighted by molar-refractivity contribution is 5.90. The van der Waals surface area contributed by atoms with Crippen LogP contribution in [0.15, 0.2) is 74.8 Å². The number of aromatic nitrogens is 5. The third kappa shape index (κ3) is 4.23. The Morgan fingerprint density at radius 3 is 2.17 bits per heavy atom. The van der Waals surface area contributed by atoms with Crippen molar-refractivity contribution in [1.82, 2.24) is 29.4 Å². The highest BCUT2D eigenvalue weighted by atomic mass is 16.5. The molecule has 0 saturated carbocycles. The molecule has 0 spiro atoms. The van der Waals surface area contributed by atoms with E-state index in [0.29, 0.717) is 31.9 Å². The first-order valence-electron chi connectivity index (χ1n) is 11.3. The quantitative estimate of drug-likeness (QED) is 0.427. The molecular weight excluding hydrogens is 450 g/mol. The summed E-state index contributed by atoms with van der Waals surface area (Å²) in [5.41, 5.74) is 0.181. The molecule has 0 bridgehead atoms. The van der Waals surface area contributed by atoms with E-state index in [2.05, 4.69) is 20.1 Å². The molecule has 11 heteroatoms. The molecule has 0 aliphatic carbocycles. The molecule has 1 aliphatic rings. The van der Waals surface area contributed by atoms with Gasteiger partial charge in [-0.15, -0.1) is 0 Å². The van der Waals surface area contributed by atoms with E-state index in [9.17, 15) is 14.4 Å². The van der Waals surface area contributed by atoms with Crippen molar-refractivity contribution in [2.45, 2.75) is 13.5 Å². The van der Waals surface area contributed by atoms with Gasteiger partial charge >= 0.3 is 17.5 Å². The van der Waals surface area contributed by atoms with Crippen molar-refractivity contribution in [3.63, 3.8) is 0 Å². The number of hydrogen-bond donors (Lipinski definition) is 0. The lowest BCUT2D eigenvalue weighted by molar-refractivity contribution is 0.0696. The van der Waals surface area contributed by atoms with Crippen LogP contribution in [-0.2, 0) is 6.54 Å². The molecule has 11 nitrogen and oxygen atoms in total. The van der Waals surface area contributed by atoms with Gasteiger partial charge in [-0.05, 0) is 31.2 Å². The zero-order chi connectivity index (χ0) is 24.4. The van der Waals surface area contributed by atoms with Crippen molar-refractivity contribution < 1.29 is 9.32 Å². The van der Waals surface area contributed by atoms with Crippen molar-refractivity contribution in [2.24, 2.45) is 0 Å². The largest absolute Gasteiger partial charge is 0.368 e. The molecule has 1 aliphatic heterocycles. The number of carbonyl (C=O) groups is 1. The van der Waals surface area contributed by atoms with Crippen LogP contribution in [0.25, 0.3) is 17.2 Å². The smallest absolute Gasteiger partial charge is 0.352 e. The maximum atomic E-state index is 13.0. The second-order valence-electron chi connectivity index (χ2n) is 7.97. The zero-order valence-corrected chi connectivity index (χ0v) is 19.1. The minimum absolute atomic E-state index is 0.134. The zero-order valence-electron chi connectivity index (χ0n) is 19.1. The Balaban J connectivity index is 1.40. The van der Waals surface area contributed by atoms with Crippen LogP contribution >= 0.6 is 0 Å². The fourth-order valence-corrected chi connectivity index (χ4v) is 4.02. The van der Waals surface area contributed by atoms with E-state index in [1.54, 1.807) is 36.1 Å². The molecule has 0 atom stereocenters. The summed E-state index contributed by atoms with van der Waals surface area (Å²) in [6.45, 7) is 4.14. The Hall–Kier alpha value is -4.54. The molecule has 0 N–H and O–H groups in total. The number of anilines is 1. The van der Waals surface area contributed by atoms with Gasteiger partial charge < -0.3 is 14.3 Å². The lowest BCUT2D eigenvalue weighted by Crippen LogP contribution is -2.48. The summed E-state index contributed by atoms with van der Waals surface area (Å²) < 4.78 is 7.36. The molecule has 1 saturated heterocycles. The molecule has 2 aromatic heterocycles. The lowest BCUT2D eigenvalue weighted by atomic mass is 10.2. The van der Waals surface area contributed by atoms with Crippen LogP contribution in [0.1, 0.15) is 17.6 Å². The van der Waals surface area contributed by atoms with Crippen LogP contribution in [0, 0.1) is 0 Å². The molecule has 1 fully saturated rings. The number of piperazine rings is 1. The molecule has 0 radical (unpaired) electrons. The summed E-state index contributed by atoms with van der Waals surface area (Å²) in [6.07, 6.45) is 0. The molecule has 35 heavy (non-hydrogen) atoms. The SMILES string of the molecule is CCn1c(=O)c(-c2noc(C(=O)N3CCN(c4ccccc4)CC3)n2)nn(-c2ccccc2)c1=O. The molecule has 1 amide bonds. The average molecular weight is 473 g/mol. The highest BCUT2D eigenvalue weighted by Gasteiger charge is 2.28. The predicted molar refractivity (Wildman–Crippen MR) is 128 cm³/mol. The van der Waals surface area contributed by atoms with Crippen LogP contribution in [0.2, 0.25) is 0 Å². The van der Waals surface area contributed by atoms with Gasteiger partial charge in [0.25, 0.3) is 5.56 Å². The van der Waals surface area contributed by atoms with E-state index < -0.39 is 17.2 Å². The molecule has 5 rings (SSSR count). The molecular formula is C24H23N7O4. The topological polar surface area (TPSA) is 119 Å². The van der Waals surface area contributed by atoms with E-state index >= 15 is 0 Å². The van der Waals surface area contributed by atoms with Crippen LogP contribution in [0.5, 0.6) is 0 Å².